The molecule has 2 saturated heterocycles. The second-order valence-corrected chi connectivity index (χ2v) is 9.27. The van der Waals surface area contributed by atoms with Gasteiger partial charge in [0, 0.05) is 43.5 Å². The molecule has 0 radical (unpaired) electrons. The lowest BCUT2D eigenvalue weighted by atomic mass is 10.0. The van der Waals surface area contributed by atoms with Crippen LogP contribution in [0.25, 0.3) is 16.8 Å². The van der Waals surface area contributed by atoms with Gasteiger partial charge in [-0.3, -0.25) is 19.5 Å². The number of aromatic nitrogens is 4. The lowest BCUT2D eigenvalue weighted by Crippen LogP contribution is -2.57. The van der Waals surface area contributed by atoms with Gasteiger partial charge in [-0.15, -0.1) is 5.10 Å². The summed E-state index contributed by atoms with van der Waals surface area (Å²) in [6.07, 6.45) is 5.23. The molecule has 194 valence electrons. The van der Waals surface area contributed by atoms with Gasteiger partial charge in [-0.1, -0.05) is 12.1 Å². The van der Waals surface area contributed by atoms with Gasteiger partial charge in [0.1, 0.15) is 5.56 Å². The number of carbonyl (C=O) groups excluding carboxylic acids is 2. The Bertz CT molecular complexity index is 1510. The van der Waals surface area contributed by atoms with E-state index in [2.05, 4.69) is 25.3 Å². The molecule has 6 rings (SSSR count). The summed E-state index contributed by atoms with van der Waals surface area (Å²) in [6.45, 7) is 4.61. The first-order valence-electron chi connectivity index (χ1n) is 12.2. The number of ether oxygens (including phenoxy) is 1. The number of nitrogen functional groups attached to an aromatic ring is 1. The van der Waals surface area contributed by atoms with Crippen molar-refractivity contribution in [2.45, 2.75) is 6.04 Å². The molecule has 0 saturated carbocycles. The van der Waals surface area contributed by atoms with Crippen LogP contribution < -0.4 is 11.1 Å². The number of pyridine rings is 1. The first kappa shape index (κ1) is 23.9. The molecular weight excluding hydrogens is 491 g/mol. The average molecular weight is 517 g/mol. The molecule has 0 spiro atoms. The molecule has 11 nitrogen and oxygen atoms in total. The van der Waals surface area contributed by atoms with Crippen molar-refractivity contribution >= 4 is 29.0 Å². The Morgan fingerprint density at radius 1 is 1.05 bits per heavy atom. The van der Waals surface area contributed by atoms with Crippen molar-refractivity contribution in [2.24, 2.45) is 0 Å². The zero-order valence-electron chi connectivity index (χ0n) is 20.4. The third-order valence-electron chi connectivity index (χ3n) is 6.95. The van der Waals surface area contributed by atoms with Crippen molar-refractivity contribution in [1.29, 1.82) is 0 Å². The smallest absolute Gasteiger partial charge is 0.263 e. The van der Waals surface area contributed by atoms with Crippen LogP contribution in [0.5, 0.6) is 0 Å². The molecule has 12 heteroatoms. The molecule has 0 bridgehead atoms. The fourth-order valence-corrected chi connectivity index (χ4v) is 4.78. The summed E-state index contributed by atoms with van der Waals surface area (Å²) in [5.74, 6) is -1.23. The minimum absolute atomic E-state index is 0.00295. The third kappa shape index (κ3) is 4.44. The quantitative estimate of drug-likeness (QED) is 0.411. The number of amides is 2. The van der Waals surface area contributed by atoms with Crippen molar-refractivity contribution in [2.75, 3.05) is 50.4 Å². The SMILES string of the molecule is Nc1nn2cc(F)cnc2c1C(=O)Nc1cnccc1-c1ccc(C(=O)N2CCN(C3COC3)CC2)cc1. The predicted molar refractivity (Wildman–Crippen MR) is 137 cm³/mol. The zero-order chi connectivity index (χ0) is 26.2. The number of hydrogen-bond donors (Lipinski definition) is 2. The minimum atomic E-state index is -0.602. The van der Waals surface area contributed by atoms with E-state index in [0.29, 0.717) is 35.9 Å². The highest BCUT2D eigenvalue weighted by molar-refractivity contribution is 6.12. The maximum absolute atomic E-state index is 13.5. The molecule has 2 aliphatic rings. The summed E-state index contributed by atoms with van der Waals surface area (Å²) in [5.41, 5.74) is 8.64. The first-order valence-corrected chi connectivity index (χ1v) is 12.2. The van der Waals surface area contributed by atoms with Gasteiger partial charge in [0.2, 0.25) is 0 Å². The topological polar surface area (TPSA) is 131 Å². The maximum Gasteiger partial charge on any atom is 0.263 e. The Hall–Kier alpha value is -4.42. The van der Waals surface area contributed by atoms with Gasteiger partial charge < -0.3 is 20.7 Å². The number of hydrogen-bond acceptors (Lipinski definition) is 8. The van der Waals surface area contributed by atoms with Gasteiger partial charge in [0.25, 0.3) is 11.8 Å². The Kier molecular flexibility index (Phi) is 6.18. The first-order chi connectivity index (χ1) is 18.5. The number of rotatable bonds is 5. The molecule has 2 aliphatic heterocycles. The van der Waals surface area contributed by atoms with Crippen LogP contribution >= 0.6 is 0 Å². The summed E-state index contributed by atoms with van der Waals surface area (Å²) in [6, 6.07) is 9.51. The molecular formula is C26H25FN8O3. The molecule has 3 aromatic heterocycles. The molecule has 0 atom stereocenters. The van der Waals surface area contributed by atoms with Crippen molar-refractivity contribution in [1.82, 2.24) is 29.4 Å². The number of nitrogens with one attached hydrogen (secondary N) is 1. The lowest BCUT2D eigenvalue weighted by molar-refractivity contribution is -0.0746. The summed E-state index contributed by atoms with van der Waals surface area (Å²) < 4.78 is 19.9. The van der Waals surface area contributed by atoms with E-state index < -0.39 is 11.7 Å². The third-order valence-corrected chi connectivity index (χ3v) is 6.95. The monoisotopic (exact) mass is 516 g/mol. The van der Waals surface area contributed by atoms with E-state index in [0.717, 1.165) is 48.8 Å². The summed E-state index contributed by atoms with van der Waals surface area (Å²) in [7, 11) is 0. The normalized spacial score (nSPS) is 16.4. The summed E-state index contributed by atoms with van der Waals surface area (Å²) in [4.78, 5) is 38.5. The van der Waals surface area contributed by atoms with Crippen LogP contribution in [-0.2, 0) is 4.74 Å². The molecule has 4 aromatic rings. The standard InChI is InChI=1S/C26H25FN8O3/c27-18-11-30-24-22(23(28)32-35(24)13-18)25(36)31-21-12-29-6-5-20(21)16-1-3-17(4-2-16)26(37)34-9-7-33(8-10-34)19-14-38-15-19/h1-6,11-13,19H,7-10,14-15H2,(H2,28,32)(H,31,36). The summed E-state index contributed by atoms with van der Waals surface area (Å²) >= 11 is 0. The number of benzene rings is 1. The van der Waals surface area contributed by atoms with E-state index in [1.54, 1.807) is 24.4 Å². The number of fused-ring (bicyclic) bond motifs is 1. The number of nitrogens with two attached hydrogens (primary N) is 1. The lowest BCUT2D eigenvalue weighted by Gasteiger charge is -2.42. The number of anilines is 2. The van der Waals surface area contributed by atoms with Crippen molar-refractivity contribution in [3.63, 3.8) is 0 Å². The highest BCUT2D eigenvalue weighted by atomic mass is 19.1. The predicted octanol–water partition coefficient (Wildman–Crippen LogP) is 1.92. The molecule has 2 fully saturated rings. The Morgan fingerprint density at radius 3 is 2.53 bits per heavy atom. The van der Waals surface area contributed by atoms with Crippen LogP contribution in [0.4, 0.5) is 15.9 Å². The Morgan fingerprint density at radius 2 is 1.82 bits per heavy atom. The number of nitrogens with zero attached hydrogens (tertiary/aromatic N) is 6. The number of piperazine rings is 1. The van der Waals surface area contributed by atoms with E-state index in [1.807, 2.05) is 17.0 Å². The van der Waals surface area contributed by atoms with Crippen LogP contribution in [-0.4, -0.2) is 86.6 Å². The highest BCUT2D eigenvalue weighted by Gasteiger charge is 2.30. The van der Waals surface area contributed by atoms with Crippen LogP contribution in [0.2, 0.25) is 0 Å². The summed E-state index contributed by atoms with van der Waals surface area (Å²) in [5, 5.41) is 6.79. The van der Waals surface area contributed by atoms with Gasteiger partial charge in [-0.2, -0.15) is 0 Å². The van der Waals surface area contributed by atoms with Crippen molar-refractivity contribution in [3.05, 3.63) is 72.1 Å². The van der Waals surface area contributed by atoms with Gasteiger partial charge >= 0.3 is 0 Å². The van der Waals surface area contributed by atoms with E-state index >= 15 is 0 Å². The van der Waals surface area contributed by atoms with Crippen LogP contribution in [0, 0.1) is 5.82 Å². The van der Waals surface area contributed by atoms with Crippen molar-refractivity contribution in [3.8, 4) is 11.1 Å². The molecule has 5 heterocycles. The fourth-order valence-electron chi connectivity index (χ4n) is 4.78. The molecule has 38 heavy (non-hydrogen) atoms. The zero-order valence-corrected chi connectivity index (χ0v) is 20.4. The molecule has 1 aromatic carbocycles. The van der Waals surface area contributed by atoms with E-state index in [1.165, 1.54) is 6.20 Å². The largest absolute Gasteiger partial charge is 0.381 e. The second-order valence-electron chi connectivity index (χ2n) is 9.27. The van der Waals surface area contributed by atoms with Crippen molar-refractivity contribution < 1.29 is 18.7 Å². The average Bonchev–Trinajstić information content (AvgIpc) is 3.23. The van der Waals surface area contributed by atoms with E-state index in [4.69, 9.17) is 10.5 Å². The second kappa shape index (κ2) is 9.80. The van der Waals surface area contributed by atoms with Gasteiger partial charge in [0.15, 0.2) is 17.3 Å². The molecule has 0 unspecified atom stereocenters. The van der Waals surface area contributed by atoms with Crippen LogP contribution in [0.1, 0.15) is 20.7 Å². The number of halogens is 1. The van der Waals surface area contributed by atoms with Gasteiger partial charge in [-0.25, -0.2) is 13.9 Å². The minimum Gasteiger partial charge on any atom is -0.381 e. The Labute approximate surface area is 217 Å². The van der Waals surface area contributed by atoms with Crippen LogP contribution in [0.3, 0.4) is 0 Å². The van der Waals surface area contributed by atoms with Gasteiger partial charge in [-0.05, 0) is 23.8 Å². The van der Waals surface area contributed by atoms with Gasteiger partial charge in [0.05, 0.1) is 43.5 Å². The Balaban J connectivity index is 1.18. The highest BCUT2D eigenvalue weighted by Crippen LogP contribution is 2.29. The molecule has 2 amide bonds. The fraction of sp³-hybridized carbons (Fsp3) is 0.269. The maximum atomic E-state index is 13.5. The van der Waals surface area contributed by atoms with E-state index in [-0.39, 0.29) is 22.9 Å². The number of carbonyl (C=O) groups is 2. The molecule has 3 N–H and O–H groups in total. The van der Waals surface area contributed by atoms with Crippen LogP contribution in [0.15, 0.2) is 55.1 Å². The molecule has 0 aliphatic carbocycles. The van der Waals surface area contributed by atoms with E-state index in [9.17, 15) is 14.0 Å².